The van der Waals surface area contributed by atoms with Gasteiger partial charge >= 0.3 is 11.9 Å². The van der Waals surface area contributed by atoms with E-state index in [4.69, 9.17) is 13.9 Å². The highest BCUT2D eigenvalue weighted by Gasteiger charge is 2.47. The summed E-state index contributed by atoms with van der Waals surface area (Å²) in [7, 11) is -2.01. The highest BCUT2D eigenvalue weighted by Crippen LogP contribution is 2.48. The summed E-state index contributed by atoms with van der Waals surface area (Å²) >= 11 is 0. The molecule has 7 atom stereocenters. The Kier molecular flexibility index (Phi) is 9.45. The average molecular weight is 549 g/mol. The van der Waals surface area contributed by atoms with Crippen molar-refractivity contribution >= 4 is 26.0 Å². The second-order valence-electron chi connectivity index (χ2n) is 14.5. The number of carbonyl (C=O) groups is 3. The number of ketones is 1. The van der Waals surface area contributed by atoms with Crippen molar-refractivity contribution in [3.63, 3.8) is 0 Å². The molecule has 1 saturated heterocycles. The Balaban J connectivity index is 1.76. The number of hydrogen-bond donors (Lipinski definition) is 0. The van der Waals surface area contributed by atoms with Gasteiger partial charge in [0.2, 0.25) is 0 Å². The maximum Gasteiger partial charge on any atom is 0.311 e. The van der Waals surface area contributed by atoms with Crippen LogP contribution in [0.5, 0.6) is 0 Å². The molecule has 0 aromatic carbocycles. The van der Waals surface area contributed by atoms with Gasteiger partial charge in [-0.15, -0.1) is 0 Å². The zero-order valence-corrected chi connectivity index (χ0v) is 26.5. The molecule has 2 fully saturated rings. The number of fused-ring (bicyclic) bond motifs is 1. The second kappa shape index (κ2) is 11.6. The third kappa shape index (κ3) is 6.99. The molecule has 3 aliphatic rings. The molecular weight excluding hydrogens is 496 g/mol. The Bertz CT molecular complexity index is 929. The number of rotatable bonds is 8. The van der Waals surface area contributed by atoms with Crippen LogP contribution in [0.1, 0.15) is 100 Å². The van der Waals surface area contributed by atoms with Crippen LogP contribution in [-0.4, -0.2) is 44.4 Å². The second-order valence-corrected chi connectivity index (χ2v) is 19.2. The van der Waals surface area contributed by atoms with Crippen LogP contribution in [0.15, 0.2) is 11.6 Å². The van der Waals surface area contributed by atoms with Gasteiger partial charge in [0, 0.05) is 18.3 Å². The Labute approximate surface area is 231 Å². The lowest BCUT2D eigenvalue weighted by atomic mass is 9.62. The molecule has 3 rings (SSSR count). The van der Waals surface area contributed by atoms with E-state index in [1.54, 1.807) is 0 Å². The van der Waals surface area contributed by atoms with Crippen LogP contribution in [0.3, 0.4) is 0 Å². The molecule has 0 aromatic heterocycles. The van der Waals surface area contributed by atoms with Gasteiger partial charge in [0.05, 0.1) is 17.9 Å². The van der Waals surface area contributed by atoms with Crippen molar-refractivity contribution in [3.8, 4) is 0 Å². The molecule has 2 aliphatic carbocycles. The van der Waals surface area contributed by atoms with Gasteiger partial charge in [0.25, 0.3) is 0 Å². The van der Waals surface area contributed by atoms with Gasteiger partial charge < -0.3 is 13.9 Å². The van der Waals surface area contributed by atoms with Crippen molar-refractivity contribution < 1.29 is 28.3 Å². The van der Waals surface area contributed by atoms with Gasteiger partial charge in [0.1, 0.15) is 12.2 Å². The minimum absolute atomic E-state index is 0.0362. The summed E-state index contributed by atoms with van der Waals surface area (Å²) in [5, 5.41) is 0.0708. The lowest BCUT2D eigenvalue weighted by Crippen LogP contribution is -2.48. The first kappa shape index (κ1) is 31.1. The maximum atomic E-state index is 13.1. The Morgan fingerprint density at radius 2 is 1.71 bits per heavy atom. The predicted molar refractivity (Wildman–Crippen MR) is 152 cm³/mol. The summed E-state index contributed by atoms with van der Waals surface area (Å²) in [5.41, 5.74) is 0.592. The number of cyclic esters (lactones) is 1. The Morgan fingerprint density at radius 3 is 2.32 bits per heavy atom. The monoisotopic (exact) mass is 548 g/mol. The third-order valence-corrected chi connectivity index (χ3v) is 14.5. The fourth-order valence-electron chi connectivity index (χ4n) is 6.02. The molecule has 1 aliphatic heterocycles. The van der Waals surface area contributed by atoms with Crippen molar-refractivity contribution in [1.29, 1.82) is 0 Å². The predicted octanol–water partition coefficient (Wildman–Crippen LogP) is 7.02. The zero-order chi connectivity index (χ0) is 28.6. The first-order chi connectivity index (χ1) is 17.4. The van der Waals surface area contributed by atoms with E-state index < -0.39 is 13.7 Å². The first-order valence-corrected chi connectivity index (χ1v) is 17.7. The van der Waals surface area contributed by atoms with Crippen molar-refractivity contribution in [1.82, 2.24) is 0 Å². The summed E-state index contributed by atoms with van der Waals surface area (Å²) in [5.74, 6) is 0.0960. The first-order valence-electron chi connectivity index (χ1n) is 14.8. The number of hydrogen-bond acceptors (Lipinski definition) is 6. The molecule has 0 spiro atoms. The van der Waals surface area contributed by atoms with Gasteiger partial charge in [-0.25, -0.2) is 0 Å². The lowest BCUT2D eigenvalue weighted by Gasteiger charge is -2.46. The molecule has 0 N–H and O–H groups in total. The molecule has 0 bridgehead atoms. The summed E-state index contributed by atoms with van der Waals surface area (Å²) in [6, 6.07) is 0. The van der Waals surface area contributed by atoms with E-state index in [-0.39, 0.29) is 58.8 Å². The van der Waals surface area contributed by atoms with Gasteiger partial charge in [-0.3, -0.25) is 14.4 Å². The Morgan fingerprint density at radius 1 is 1.05 bits per heavy atom. The number of ether oxygens (including phenoxy) is 2. The maximum absolute atomic E-state index is 13.1. The van der Waals surface area contributed by atoms with E-state index in [1.807, 2.05) is 33.8 Å². The van der Waals surface area contributed by atoms with E-state index in [9.17, 15) is 14.4 Å². The SMILES string of the molecule is CCC(C)(C)C(=O)O[C@H]1C[C@H](C)CC2=CC(=O)[C@@H](C)[C@@H](CC[C@@H]3C[C@@H](O[Si](C)(C)C(C)(C)C)CC(=O)O3)C21. The summed E-state index contributed by atoms with van der Waals surface area (Å²) < 4.78 is 18.6. The van der Waals surface area contributed by atoms with Gasteiger partial charge in [0.15, 0.2) is 14.1 Å². The van der Waals surface area contributed by atoms with E-state index >= 15 is 0 Å². The van der Waals surface area contributed by atoms with Gasteiger partial charge in [-0.2, -0.15) is 0 Å². The summed E-state index contributed by atoms with van der Waals surface area (Å²) in [6.07, 6.45) is 6.09. The number of carbonyl (C=O) groups excluding carboxylic acids is 3. The molecule has 38 heavy (non-hydrogen) atoms. The van der Waals surface area contributed by atoms with Crippen LogP contribution >= 0.6 is 0 Å². The van der Waals surface area contributed by atoms with Crippen molar-refractivity contribution in [2.24, 2.45) is 29.1 Å². The van der Waals surface area contributed by atoms with Crippen molar-refractivity contribution in [2.75, 3.05) is 0 Å². The fraction of sp³-hybridized carbons (Fsp3) is 0.839. The molecular formula is C31H52O6Si. The van der Waals surface area contributed by atoms with Crippen LogP contribution in [0.2, 0.25) is 18.1 Å². The molecule has 0 aromatic rings. The van der Waals surface area contributed by atoms with Crippen LogP contribution in [-0.2, 0) is 28.3 Å². The molecule has 0 radical (unpaired) electrons. The zero-order valence-electron chi connectivity index (χ0n) is 25.5. The van der Waals surface area contributed by atoms with E-state index in [2.05, 4.69) is 40.8 Å². The van der Waals surface area contributed by atoms with Crippen LogP contribution < -0.4 is 0 Å². The Hall–Kier alpha value is -1.47. The number of allylic oxidation sites excluding steroid dienone is 1. The molecule has 0 amide bonds. The molecule has 1 unspecified atom stereocenters. The van der Waals surface area contributed by atoms with Gasteiger partial charge in [-0.1, -0.05) is 47.1 Å². The van der Waals surface area contributed by atoms with E-state index in [1.165, 1.54) is 0 Å². The topological polar surface area (TPSA) is 78.9 Å². The summed E-state index contributed by atoms with van der Waals surface area (Å²) in [6.45, 7) is 21.1. The molecule has 7 heteroatoms. The van der Waals surface area contributed by atoms with Crippen LogP contribution in [0.25, 0.3) is 0 Å². The third-order valence-electron chi connectivity index (χ3n) is 9.93. The lowest BCUT2D eigenvalue weighted by molar-refractivity contribution is -0.167. The minimum atomic E-state index is -2.01. The number of esters is 2. The summed E-state index contributed by atoms with van der Waals surface area (Å²) in [4.78, 5) is 38.6. The molecule has 216 valence electrons. The fourth-order valence-corrected chi connectivity index (χ4v) is 7.39. The quantitative estimate of drug-likeness (QED) is 0.240. The smallest absolute Gasteiger partial charge is 0.311 e. The molecule has 1 saturated carbocycles. The average Bonchev–Trinajstić information content (AvgIpc) is 2.78. The van der Waals surface area contributed by atoms with Crippen molar-refractivity contribution in [3.05, 3.63) is 11.6 Å². The van der Waals surface area contributed by atoms with Gasteiger partial charge in [-0.05, 0) is 82.0 Å². The standard InChI is InChI=1S/C31H52O6Si/c1-11-31(7,8)29(34)36-26-15-19(2)14-21-16-25(32)20(3)24(28(21)26)13-12-22-17-23(18-27(33)35-22)37-38(9,10)30(4,5)6/h16,19-20,22-24,26,28H,11-15,17-18H2,1-10H3/t19-,20+,22-,23-,24-,26+,28?/m1/s1. The minimum Gasteiger partial charge on any atom is -0.462 e. The van der Waals surface area contributed by atoms with Crippen LogP contribution in [0.4, 0.5) is 0 Å². The normalized spacial score (nSPS) is 32.8. The molecule has 6 nitrogen and oxygen atoms in total. The van der Waals surface area contributed by atoms with E-state index in [0.717, 1.165) is 24.8 Å². The largest absolute Gasteiger partial charge is 0.462 e. The van der Waals surface area contributed by atoms with Crippen molar-refractivity contribution in [2.45, 2.75) is 137 Å². The highest BCUT2D eigenvalue weighted by molar-refractivity contribution is 6.74. The van der Waals surface area contributed by atoms with E-state index in [0.29, 0.717) is 31.6 Å². The van der Waals surface area contributed by atoms with Crippen LogP contribution in [0, 0.1) is 29.1 Å². The molecule has 1 heterocycles. The highest BCUT2D eigenvalue weighted by atomic mass is 28.4.